The average Bonchev–Trinajstić information content (AvgIpc) is 2.78. The van der Waals surface area contributed by atoms with E-state index in [0.29, 0.717) is 26.3 Å². The van der Waals surface area contributed by atoms with E-state index in [1.807, 2.05) is 40.8 Å². The predicted octanol–water partition coefficient (Wildman–Crippen LogP) is 5.25. The maximum absolute atomic E-state index is 13.2. The van der Waals surface area contributed by atoms with Crippen LogP contribution < -0.4 is 14.8 Å². The molecule has 0 aliphatic carbocycles. The molecule has 2 N–H and O–H groups in total. The highest BCUT2D eigenvalue weighted by Crippen LogP contribution is 2.32. The number of carbonyl (C=O) groups is 1. The van der Waals surface area contributed by atoms with Crippen molar-refractivity contribution < 1.29 is 17.9 Å². The van der Waals surface area contributed by atoms with Gasteiger partial charge < -0.3 is 10.1 Å². The van der Waals surface area contributed by atoms with Crippen LogP contribution in [0.25, 0.3) is 5.70 Å². The molecule has 1 heterocycles. The van der Waals surface area contributed by atoms with E-state index in [4.69, 9.17) is 4.74 Å². The first-order valence-corrected chi connectivity index (χ1v) is 13.2. The summed E-state index contributed by atoms with van der Waals surface area (Å²) in [7, 11) is -2.18. The highest BCUT2D eigenvalue weighted by atomic mass is 127. The topological polar surface area (TPSA) is 84.5 Å². The molecule has 34 heavy (non-hydrogen) atoms. The van der Waals surface area contributed by atoms with E-state index in [1.54, 1.807) is 61.7 Å². The van der Waals surface area contributed by atoms with E-state index in [1.165, 1.54) is 0 Å². The number of nitrogens with one attached hydrogen (secondary N) is 2. The lowest BCUT2D eigenvalue weighted by Gasteiger charge is -2.35. The highest BCUT2D eigenvalue weighted by Gasteiger charge is 2.28. The second kappa shape index (κ2) is 9.42. The van der Waals surface area contributed by atoms with Gasteiger partial charge in [-0.1, -0.05) is 30.3 Å². The Labute approximate surface area is 213 Å². The zero-order valence-electron chi connectivity index (χ0n) is 19.1. The standard InChI is InChI=1S/C26H25IN2O4S/c1-26(2)16-18-11-12-20(33-3)14-21(18)23(28-26)15-24(30)17-7-6-8-19(13-17)29-34(31,32)25-10-5-4-9-22(25)27/h4-15,28-29H,16H2,1-3H3/b23-15-. The molecule has 0 bridgehead atoms. The zero-order valence-corrected chi connectivity index (χ0v) is 22.0. The molecule has 0 spiro atoms. The lowest BCUT2D eigenvalue weighted by atomic mass is 9.85. The maximum Gasteiger partial charge on any atom is 0.262 e. The van der Waals surface area contributed by atoms with Gasteiger partial charge in [-0.15, -0.1) is 0 Å². The van der Waals surface area contributed by atoms with Crippen LogP contribution in [0.15, 0.2) is 77.7 Å². The predicted molar refractivity (Wildman–Crippen MR) is 143 cm³/mol. The Bertz CT molecular complexity index is 1400. The summed E-state index contributed by atoms with van der Waals surface area (Å²) in [5, 5.41) is 3.45. The molecule has 0 atom stereocenters. The van der Waals surface area contributed by atoms with Crippen LogP contribution in [-0.2, 0) is 16.4 Å². The van der Waals surface area contributed by atoms with Crippen LogP contribution in [0.2, 0.25) is 0 Å². The molecular formula is C26H25IN2O4S. The van der Waals surface area contributed by atoms with E-state index >= 15 is 0 Å². The van der Waals surface area contributed by atoms with E-state index < -0.39 is 10.0 Å². The molecule has 0 fully saturated rings. The molecular weight excluding hydrogens is 563 g/mol. The molecule has 4 rings (SSSR count). The largest absolute Gasteiger partial charge is 0.497 e. The van der Waals surface area contributed by atoms with Crippen LogP contribution in [0.4, 0.5) is 5.69 Å². The van der Waals surface area contributed by atoms with Crippen molar-refractivity contribution in [3.63, 3.8) is 0 Å². The van der Waals surface area contributed by atoms with E-state index in [-0.39, 0.29) is 16.2 Å². The molecule has 0 unspecified atom stereocenters. The number of carbonyl (C=O) groups excluding carboxylic acids is 1. The van der Waals surface area contributed by atoms with E-state index in [2.05, 4.69) is 23.9 Å². The molecule has 0 saturated carbocycles. The summed E-state index contributed by atoms with van der Waals surface area (Å²) >= 11 is 1.99. The molecule has 0 aromatic heterocycles. The van der Waals surface area contributed by atoms with Crippen LogP contribution in [0.3, 0.4) is 0 Å². The number of hydrogen-bond acceptors (Lipinski definition) is 5. The number of fused-ring (bicyclic) bond motifs is 1. The third kappa shape index (κ3) is 5.28. The van der Waals surface area contributed by atoms with Gasteiger partial charge in [-0.3, -0.25) is 9.52 Å². The Hall–Kier alpha value is -2.85. The second-order valence-electron chi connectivity index (χ2n) is 8.75. The van der Waals surface area contributed by atoms with Crippen LogP contribution >= 0.6 is 22.6 Å². The van der Waals surface area contributed by atoms with Gasteiger partial charge in [0, 0.05) is 37.7 Å². The molecule has 3 aromatic carbocycles. The van der Waals surface area contributed by atoms with Crippen molar-refractivity contribution in [2.45, 2.75) is 30.7 Å². The number of ketones is 1. The summed E-state index contributed by atoms with van der Waals surface area (Å²) in [6, 6.07) is 19.1. The fourth-order valence-electron chi connectivity index (χ4n) is 3.98. The molecule has 6 nitrogen and oxygen atoms in total. The number of halogens is 1. The minimum atomic E-state index is -3.79. The lowest BCUT2D eigenvalue weighted by molar-refractivity contribution is 0.104. The van der Waals surface area contributed by atoms with Crippen molar-refractivity contribution in [1.82, 2.24) is 5.32 Å². The first-order chi connectivity index (χ1) is 16.1. The molecule has 1 aliphatic rings. The van der Waals surface area contributed by atoms with Gasteiger partial charge in [-0.2, -0.15) is 0 Å². The van der Waals surface area contributed by atoms with Crippen LogP contribution in [0.5, 0.6) is 5.75 Å². The van der Waals surface area contributed by atoms with Gasteiger partial charge >= 0.3 is 0 Å². The SMILES string of the molecule is COc1ccc2c(c1)/C(=C/C(=O)c1cccc(NS(=O)(=O)c3ccccc3I)c1)NC(C)(C)C2. The summed E-state index contributed by atoms with van der Waals surface area (Å²) < 4.78 is 34.3. The molecule has 176 valence electrons. The lowest BCUT2D eigenvalue weighted by Crippen LogP contribution is -2.43. The normalized spacial score (nSPS) is 15.8. The Kier molecular flexibility index (Phi) is 6.73. The van der Waals surface area contributed by atoms with Crippen molar-refractivity contribution in [2.75, 3.05) is 11.8 Å². The number of allylic oxidation sites excluding steroid dienone is 1. The minimum Gasteiger partial charge on any atom is -0.497 e. The number of methoxy groups -OCH3 is 1. The second-order valence-corrected chi connectivity index (χ2v) is 11.6. The first-order valence-electron chi connectivity index (χ1n) is 10.7. The zero-order chi connectivity index (χ0) is 24.5. The fourth-order valence-corrected chi connectivity index (χ4v) is 6.36. The summed E-state index contributed by atoms with van der Waals surface area (Å²) in [6.07, 6.45) is 2.38. The van der Waals surface area contributed by atoms with Gasteiger partial charge in [-0.05, 0) is 84.8 Å². The Morgan fingerprint density at radius 2 is 1.85 bits per heavy atom. The molecule has 0 saturated heterocycles. The fraction of sp³-hybridized carbons (Fsp3) is 0.192. The Morgan fingerprint density at radius 3 is 2.59 bits per heavy atom. The number of benzene rings is 3. The minimum absolute atomic E-state index is 0.189. The van der Waals surface area contributed by atoms with Crippen molar-refractivity contribution in [2.24, 2.45) is 0 Å². The maximum atomic E-state index is 13.2. The van der Waals surface area contributed by atoms with Crippen molar-refractivity contribution in [1.29, 1.82) is 0 Å². The summed E-state index contributed by atoms with van der Waals surface area (Å²) in [5.74, 6) is 0.481. The first kappa shape index (κ1) is 24.3. The van der Waals surface area contributed by atoms with Crippen molar-refractivity contribution >= 4 is 49.8 Å². The summed E-state index contributed by atoms with van der Waals surface area (Å²) in [4.78, 5) is 13.4. The van der Waals surface area contributed by atoms with Gasteiger partial charge in [0.05, 0.1) is 7.11 Å². The van der Waals surface area contributed by atoms with Gasteiger partial charge in [0.1, 0.15) is 10.6 Å². The Balaban J connectivity index is 1.65. The number of sulfonamides is 1. The number of ether oxygens (including phenoxy) is 1. The Morgan fingerprint density at radius 1 is 1.09 bits per heavy atom. The monoisotopic (exact) mass is 588 g/mol. The highest BCUT2D eigenvalue weighted by molar-refractivity contribution is 14.1. The molecule has 3 aromatic rings. The van der Waals surface area contributed by atoms with Gasteiger partial charge in [-0.25, -0.2) is 8.42 Å². The van der Waals surface area contributed by atoms with Crippen molar-refractivity contribution in [3.05, 3.63) is 93.1 Å². The number of hydrogen-bond donors (Lipinski definition) is 2. The molecule has 1 aliphatic heterocycles. The third-order valence-corrected chi connectivity index (χ3v) is 8.26. The van der Waals surface area contributed by atoms with Gasteiger partial charge in [0.2, 0.25) is 0 Å². The van der Waals surface area contributed by atoms with Crippen LogP contribution in [-0.4, -0.2) is 26.8 Å². The third-order valence-electron chi connectivity index (χ3n) is 5.51. The smallest absolute Gasteiger partial charge is 0.262 e. The van der Waals surface area contributed by atoms with Gasteiger partial charge in [0.25, 0.3) is 10.0 Å². The van der Waals surface area contributed by atoms with Crippen LogP contribution in [0, 0.1) is 3.57 Å². The van der Waals surface area contributed by atoms with Gasteiger partial charge in [0.15, 0.2) is 5.78 Å². The molecule has 0 radical (unpaired) electrons. The quantitative estimate of drug-likeness (QED) is 0.234. The van der Waals surface area contributed by atoms with E-state index in [0.717, 1.165) is 17.5 Å². The van der Waals surface area contributed by atoms with Crippen molar-refractivity contribution in [3.8, 4) is 5.75 Å². The summed E-state index contributed by atoms with van der Waals surface area (Å²) in [6.45, 7) is 4.16. The summed E-state index contributed by atoms with van der Waals surface area (Å²) in [5.41, 5.74) is 3.23. The van der Waals surface area contributed by atoms with Crippen LogP contribution in [0.1, 0.15) is 35.3 Å². The molecule has 0 amide bonds. The average molecular weight is 588 g/mol. The van der Waals surface area contributed by atoms with E-state index in [9.17, 15) is 13.2 Å². The molecule has 8 heteroatoms. The number of rotatable bonds is 6. The number of anilines is 1.